The average Bonchev–Trinajstić information content (AvgIpc) is 3.34. The van der Waals surface area contributed by atoms with E-state index in [4.69, 9.17) is 4.74 Å². The number of nitrogens with one attached hydrogen (secondary N) is 1. The zero-order valence-corrected chi connectivity index (χ0v) is 15.8. The summed E-state index contributed by atoms with van der Waals surface area (Å²) >= 11 is 2.78. The number of hydrogen-bond acceptors (Lipinski definition) is 8. The van der Waals surface area contributed by atoms with Gasteiger partial charge in [0, 0.05) is 6.61 Å². The normalized spacial score (nSPS) is 17.0. The Labute approximate surface area is 158 Å². The molecule has 2 aromatic heterocycles. The van der Waals surface area contributed by atoms with Gasteiger partial charge in [-0.1, -0.05) is 29.2 Å². The third kappa shape index (κ3) is 4.02. The highest BCUT2D eigenvalue weighted by molar-refractivity contribution is 7.99. The van der Waals surface area contributed by atoms with Gasteiger partial charge in [-0.25, -0.2) is 9.67 Å². The van der Waals surface area contributed by atoms with Crippen LogP contribution >= 0.6 is 23.1 Å². The zero-order valence-electron chi connectivity index (χ0n) is 14.2. The lowest BCUT2D eigenvalue weighted by atomic mass is 10.2. The Balaban J connectivity index is 1.34. The third-order valence-corrected chi connectivity index (χ3v) is 5.91. The van der Waals surface area contributed by atoms with Gasteiger partial charge in [0.05, 0.1) is 28.6 Å². The van der Waals surface area contributed by atoms with Crippen molar-refractivity contribution in [3.8, 4) is 0 Å². The molecule has 1 saturated heterocycles. The lowest BCUT2D eigenvalue weighted by Crippen LogP contribution is -2.18. The number of fused-ring (bicyclic) bond motifs is 1. The van der Waals surface area contributed by atoms with Crippen LogP contribution in [-0.4, -0.2) is 49.6 Å². The van der Waals surface area contributed by atoms with Gasteiger partial charge in [0.25, 0.3) is 0 Å². The molecule has 1 N–H and O–H groups in total. The van der Waals surface area contributed by atoms with Crippen molar-refractivity contribution in [1.29, 1.82) is 0 Å². The Morgan fingerprint density at radius 2 is 2.42 bits per heavy atom. The van der Waals surface area contributed by atoms with E-state index in [1.165, 1.54) is 28.7 Å². The summed E-state index contributed by atoms with van der Waals surface area (Å²) in [5.41, 5.74) is 2.07. The number of ether oxygens (including phenoxy) is 1. The predicted octanol–water partition coefficient (Wildman–Crippen LogP) is 2.50. The molecule has 1 amide bonds. The van der Waals surface area contributed by atoms with Crippen molar-refractivity contribution in [3.63, 3.8) is 0 Å². The second-order valence-electron chi connectivity index (χ2n) is 6.11. The number of rotatable bonds is 6. The van der Waals surface area contributed by atoms with Crippen LogP contribution in [0.25, 0.3) is 10.2 Å². The molecule has 0 bridgehead atoms. The number of thiazole rings is 1. The van der Waals surface area contributed by atoms with Crippen molar-refractivity contribution in [2.75, 3.05) is 17.7 Å². The van der Waals surface area contributed by atoms with Crippen molar-refractivity contribution in [2.24, 2.45) is 0 Å². The first-order valence-electron chi connectivity index (χ1n) is 8.35. The third-order valence-electron chi connectivity index (χ3n) is 4.02. The van der Waals surface area contributed by atoms with Crippen LogP contribution in [0.2, 0.25) is 0 Å². The molecule has 1 atom stereocenters. The van der Waals surface area contributed by atoms with Crippen molar-refractivity contribution in [1.82, 2.24) is 25.2 Å². The first kappa shape index (κ1) is 17.4. The molecule has 8 nitrogen and oxygen atoms in total. The molecule has 3 heterocycles. The molecule has 10 heteroatoms. The van der Waals surface area contributed by atoms with Gasteiger partial charge in [-0.2, -0.15) is 0 Å². The average molecular weight is 390 g/mol. The van der Waals surface area contributed by atoms with Crippen LogP contribution in [0.1, 0.15) is 18.4 Å². The molecule has 0 saturated carbocycles. The first-order valence-corrected chi connectivity index (χ1v) is 10.2. The van der Waals surface area contributed by atoms with E-state index in [-0.39, 0.29) is 17.8 Å². The van der Waals surface area contributed by atoms with E-state index < -0.39 is 0 Å². The van der Waals surface area contributed by atoms with Gasteiger partial charge in [0.2, 0.25) is 11.1 Å². The van der Waals surface area contributed by atoms with Crippen molar-refractivity contribution < 1.29 is 9.53 Å². The summed E-state index contributed by atoms with van der Waals surface area (Å²) in [4.78, 5) is 16.7. The van der Waals surface area contributed by atoms with Crippen LogP contribution in [0.4, 0.5) is 5.13 Å². The summed E-state index contributed by atoms with van der Waals surface area (Å²) in [6.07, 6.45) is 2.24. The van der Waals surface area contributed by atoms with Crippen LogP contribution in [0.5, 0.6) is 0 Å². The number of carbonyl (C=O) groups excluding carboxylic acids is 1. The Kier molecular flexibility index (Phi) is 5.14. The maximum atomic E-state index is 12.2. The van der Waals surface area contributed by atoms with Crippen LogP contribution in [-0.2, 0) is 16.1 Å². The molecule has 1 aliphatic rings. The van der Waals surface area contributed by atoms with E-state index in [0.29, 0.717) is 16.8 Å². The van der Waals surface area contributed by atoms with Crippen molar-refractivity contribution in [2.45, 2.75) is 37.6 Å². The van der Waals surface area contributed by atoms with Gasteiger partial charge in [0.1, 0.15) is 0 Å². The molecule has 0 spiro atoms. The Bertz CT molecular complexity index is 919. The van der Waals surface area contributed by atoms with Crippen LogP contribution in [0.15, 0.2) is 23.4 Å². The number of anilines is 1. The van der Waals surface area contributed by atoms with E-state index in [1.807, 2.05) is 19.1 Å². The number of aryl methyl sites for hydroxylation is 1. The number of amides is 1. The van der Waals surface area contributed by atoms with Gasteiger partial charge in [-0.05, 0) is 47.9 Å². The molecule has 1 aromatic carbocycles. The highest BCUT2D eigenvalue weighted by Crippen LogP contribution is 2.27. The second-order valence-corrected chi connectivity index (χ2v) is 8.08. The number of benzene rings is 1. The summed E-state index contributed by atoms with van der Waals surface area (Å²) < 4.78 is 8.38. The monoisotopic (exact) mass is 390 g/mol. The van der Waals surface area contributed by atoms with Crippen LogP contribution < -0.4 is 5.32 Å². The lowest BCUT2D eigenvalue weighted by Gasteiger charge is -2.09. The standard InChI is InChI=1S/C16H18N6O2S2/c1-10-4-5-12-13(7-10)26-15(17-12)18-14(23)9-25-16-19-20-21-22(16)8-11-3-2-6-24-11/h4-5,7,11H,2-3,6,8-9H2,1H3,(H,17,18,23)/t11-/m1/s1. The van der Waals surface area contributed by atoms with Crippen molar-refractivity contribution in [3.05, 3.63) is 23.8 Å². The molecule has 0 radical (unpaired) electrons. The smallest absolute Gasteiger partial charge is 0.236 e. The number of thioether (sulfide) groups is 1. The van der Waals surface area contributed by atoms with E-state index in [9.17, 15) is 4.79 Å². The molecule has 3 aromatic rings. The van der Waals surface area contributed by atoms with Gasteiger partial charge in [0.15, 0.2) is 5.13 Å². The van der Waals surface area contributed by atoms with Crippen molar-refractivity contribution >= 4 is 44.4 Å². The largest absolute Gasteiger partial charge is 0.376 e. The van der Waals surface area contributed by atoms with E-state index in [1.54, 1.807) is 4.68 Å². The SMILES string of the molecule is Cc1ccc2nc(NC(=O)CSc3nnnn3C[C@H]3CCCO3)sc2c1. The zero-order chi connectivity index (χ0) is 17.9. The summed E-state index contributed by atoms with van der Waals surface area (Å²) in [5.74, 6) is 0.0957. The first-order chi connectivity index (χ1) is 12.7. The molecule has 4 rings (SSSR count). The minimum absolute atomic E-state index is 0.127. The number of aromatic nitrogens is 5. The summed E-state index contributed by atoms with van der Waals surface area (Å²) in [6, 6.07) is 6.04. The summed E-state index contributed by atoms with van der Waals surface area (Å²) in [7, 11) is 0. The molecule has 136 valence electrons. The Morgan fingerprint density at radius 3 is 3.27 bits per heavy atom. The minimum atomic E-state index is -0.127. The van der Waals surface area contributed by atoms with Crippen LogP contribution in [0.3, 0.4) is 0 Å². The number of carbonyl (C=O) groups is 1. The van der Waals surface area contributed by atoms with Gasteiger partial charge >= 0.3 is 0 Å². The quantitative estimate of drug-likeness (QED) is 0.646. The van der Waals surface area contributed by atoms with Crippen LogP contribution in [0, 0.1) is 6.92 Å². The van der Waals surface area contributed by atoms with E-state index >= 15 is 0 Å². The molecule has 0 unspecified atom stereocenters. The highest BCUT2D eigenvalue weighted by Gasteiger charge is 2.19. The van der Waals surface area contributed by atoms with Gasteiger partial charge in [-0.3, -0.25) is 4.79 Å². The number of nitrogens with zero attached hydrogens (tertiary/aromatic N) is 5. The molecule has 0 aliphatic carbocycles. The molecule has 1 fully saturated rings. The fourth-order valence-electron chi connectivity index (χ4n) is 2.77. The predicted molar refractivity (Wildman–Crippen MR) is 101 cm³/mol. The Morgan fingerprint density at radius 1 is 1.50 bits per heavy atom. The highest BCUT2D eigenvalue weighted by atomic mass is 32.2. The molecule has 26 heavy (non-hydrogen) atoms. The topological polar surface area (TPSA) is 94.8 Å². The number of tetrazole rings is 1. The lowest BCUT2D eigenvalue weighted by molar-refractivity contribution is -0.113. The summed E-state index contributed by atoms with van der Waals surface area (Å²) in [5, 5.41) is 15.8. The minimum Gasteiger partial charge on any atom is -0.376 e. The molecular formula is C16H18N6O2S2. The van der Waals surface area contributed by atoms with Gasteiger partial charge in [-0.15, -0.1) is 5.10 Å². The fraction of sp³-hybridized carbons (Fsp3) is 0.438. The van der Waals surface area contributed by atoms with E-state index in [0.717, 1.165) is 29.7 Å². The maximum absolute atomic E-state index is 12.2. The Hall–Kier alpha value is -2.04. The fourth-order valence-corrected chi connectivity index (χ4v) is 4.43. The summed E-state index contributed by atoms with van der Waals surface area (Å²) in [6.45, 7) is 3.45. The second kappa shape index (κ2) is 7.68. The van der Waals surface area contributed by atoms with E-state index in [2.05, 4.69) is 31.9 Å². The van der Waals surface area contributed by atoms with Gasteiger partial charge < -0.3 is 10.1 Å². The maximum Gasteiger partial charge on any atom is 0.236 e. The molecule has 1 aliphatic heterocycles. The molecular weight excluding hydrogens is 372 g/mol. The number of hydrogen-bond donors (Lipinski definition) is 1.